The van der Waals surface area contributed by atoms with Gasteiger partial charge in [0.2, 0.25) is 0 Å². The number of thiazole rings is 1. The van der Waals surface area contributed by atoms with E-state index in [2.05, 4.69) is 15.8 Å². The molecule has 1 heterocycles. The maximum atomic E-state index is 5.65. The lowest BCUT2D eigenvalue weighted by molar-refractivity contribution is 0.340. The Morgan fingerprint density at radius 1 is 1.37 bits per heavy atom. The first kappa shape index (κ1) is 14.0. The number of rotatable bonds is 6. The molecule has 0 bridgehead atoms. The minimum absolute atomic E-state index is 0.0706. The van der Waals surface area contributed by atoms with Gasteiger partial charge in [0, 0.05) is 17.5 Å². The minimum atomic E-state index is 0.0706. The lowest BCUT2D eigenvalue weighted by Crippen LogP contribution is -2.29. The van der Waals surface area contributed by atoms with Gasteiger partial charge < -0.3 is 4.74 Å². The molecule has 3 N–H and O–H groups in total. The molecule has 5 heteroatoms. The van der Waals surface area contributed by atoms with E-state index in [1.807, 2.05) is 38.1 Å². The van der Waals surface area contributed by atoms with Crippen LogP contribution in [0.4, 0.5) is 0 Å². The average Bonchev–Trinajstić information content (AvgIpc) is 2.83. The van der Waals surface area contributed by atoms with Gasteiger partial charge in [-0.15, -0.1) is 11.3 Å². The maximum absolute atomic E-state index is 5.65. The van der Waals surface area contributed by atoms with E-state index in [1.54, 1.807) is 11.3 Å². The van der Waals surface area contributed by atoms with Crippen LogP contribution in [0.15, 0.2) is 29.6 Å². The van der Waals surface area contributed by atoms with Gasteiger partial charge in [0.15, 0.2) is 0 Å². The molecule has 1 atom stereocenters. The zero-order valence-corrected chi connectivity index (χ0v) is 12.0. The highest BCUT2D eigenvalue weighted by Crippen LogP contribution is 2.22. The zero-order chi connectivity index (χ0) is 13.7. The molecule has 0 fully saturated rings. The lowest BCUT2D eigenvalue weighted by Gasteiger charge is -2.15. The van der Waals surface area contributed by atoms with Crippen LogP contribution in [0.1, 0.15) is 29.2 Å². The van der Waals surface area contributed by atoms with Crippen LogP contribution in [0.5, 0.6) is 5.75 Å². The second-order valence-corrected chi connectivity index (χ2v) is 5.25. The predicted molar refractivity (Wildman–Crippen MR) is 78.2 cm³/mol. The second-order valence-electron chi connectivity index (χ2n) is 4.31. The number of aryl methyl sites for hydroxylation is 1. The summed E-state index contributed by atoms with van der Waals surface area (Å²) in [6.45, 7) is 4.65. The minimum Gasteiger partial charge on any atom is -0.494 e. The van der Waals surface area contributed by atoms with Gasteiger partial charge in [0.05, 0.1) is 17.7 Å². The number of aromatic nitrogens is 1. The molecule has 1 aromatic carbocycles. The molecule has 102 valence electrons. The molecule has 0 saturated heterocycles. The fourth-order valence-electron chi connectivity index (χ4n) is 1.91. The van der Waals surface area contributed by atoms with Gasteiger partial charge >= 0.3 is 0 Å². The molecular weight excluding hydrogens is 258 g/mol. The van der Waals surface area contributed by atoms with Gasteiger partial charge in [-0.25, -0.2) is 4.98 Å². The first-order chi connectivity index (χ1) is 9.22. The Bertz CT molecular complexity index is 510. The van der Waals surface area contributed by atoms with E-state index in [0.717, 1.165) is 28.4 Å². The highest BCUT2D eigenvalue weighted by atomic mass is 32.1. The largest absolute Gasteiger partial charge is 0.494 e. The van der Waals surface area contributed by atoms with E-state index < -0.39 is 0 Å². The quantitative estimate of drug-likeness (QED) is 0.629. The van der Waals surface area contributed by atoms with Crippen molar-refractivity contribution in [1.82, 2.24) is 10.4 Å². The van der Waals surface area contributed by atoms with Crippen LogP contribution in [-0.4, -0.2) is 11.6 Å². The molecule has 4 nitrogen and oxygen atoms in total. The fraction of sp³-hybridized carbons (Fsp3) is 0.357. The Morgan fingerprint density at radius 3 is 2.63 bits per heavy atom. The van der Waals surface area contributed by atoms with E-state index in [-0.39, 0.29) is 6.04 Å². The molecule has 1 unspecified atom stereocenters. The third-order valence-corrected chi connectivity index (χ3v) is 3.83. The predicted octanol–water partition coefficient (Wildman–Crippen LogP) is 2.60. The zero-order valence-electron chi connectivity index (χ0n) is 11.2. The van der Waals surface area contributed by atoms with Gasteiger partial charge in [-0.2, -0.15) is 0 Å². The monoisotopic (exact) mass is 277 g/mol. The topological polar surface area (TPSA) is 60.2 Å². The molecule has 0 spiro atoms. The van der Waals surface area contributed by atoms with Crippen molar-refractivity contribution in [2.75, 3.05) is 6.61 Å². The summed E-state index contributed by atoms with van der Waals surface area (Å²) in [5.74, 6) is 6.53. The van der Waals surface area contributed by atoms with Crippen molar-refractivity contribution in [2.45, 2.75) is 26.3 Å². The number of nitrogens with zero attached hydrogens (tertiary/aromatic N) is 1. The molecule has 2 aromatic rings. The maximum Gasteiger partial charge on any atom is 0.119 e. The third-order valence-electron chi connectivity index (χ3n) is 2.84. The average molecular weight is 277 g/mol. The van der Waals surface area contributed by atoms with Gasteiger partial charge in [-0.05, 0) is 31.5 Å². The number of hydrazine groups is 1. The van der Waals surface area contributed by atoms with Crippen molar-refractivity contribution >= 4 is 11.3 Å². The SMILES string of the molecule is CCOc1ccc(C(Cc2nc(C)cs2)NN)cc1. The van der Waals surface area contributed by atoms with E-state index >= 15 is 0 Å². The van der Waals surface area contributed by atoms with Crippen molar-refractivity contribution in [3.05, 3.63) is 45.9 Å². The van der Waals surface area contributed by atoms with Crippen LogP contribution in [0.2, 0.25) is 0 Å². The molecule has 2 rings (SSSR count). The number of nitrogens with one attached hydrogen (secondary N) is 1. The van der Waals surface area contributed by atoms with E-state index in [1.165, 1.54) is 0 Å². The standard InChI is InChI=1S/C14H19N3OS/c1-3-18-12-6-4-11(5-7-12)13(17-15)8-14-16-10(2)9-19-14/h4-7,9,13,17H,3,8,15H2,1-2H3. The fourth-order valence-corrected chi connectivity index (χ4v) is 2.73. The van der Waals surface area contributed by atoms with Crippen molar-refractivity contribution in [3.63, 3.8) is 0 Å². The number of benzene rings is 1. The summed E-state index contributed by atoms with van der Waals surface area (Å²) in [4.78, 5) is 4.47. The molecular formula is C14H19N3OS. The molecule has 0 radical (unpaired) electrons. The summed E-state index contributed by atoms with van der Waals surface area (Å²) in [7, 11) is 0. The number of hydrogen-bond donors (Lipinski definition) is 2. The summed E-state index contributed by atoms with van der Waals surface area (Å²) >= 11 is 1.67. The van der Waals surface area contributed by atoms with Gasteiger partial charge in [0.25, 0.3) is 0 Å². The summed E-state index contributed by atoms with van der Waals surface area (Å²) in [5, 5.41) is 3.15. The molecule has 0 saturated carbocycles. The molecule has 19 heavy (non-hydrogen) atoms. The second kappa shape index (κ2) is 6.65. The van der Waals surface area contributed by atoms with Crippen molar-refractivity contribution in [1.29, 1.82) is 0 Å². The Kier molecular flexibility index (Phi) is 4.90. The first-order valence-corrected chi connectivity index (χ1v) is 7.20. The number of nitrogens with two attached hydrogens (primary N) is 1. The number of ether oxygens (including phenoxy) is 1. The van der Waals surface area contributed by atoms with E-state index in [9.17, 15) is 0 Å². The molecule has 1 aromatic heterocycles. The van der Waals surface area contributed by atoms with Crippen LogP contribution in [0, 0.1) is 6.92 Å². The van der Waals surface area contributed by atoms with Crippen LogP contribution >= 0.6 is 11.3 Å². The van der Waals surface area contributed by atoms with Crippen LogP contribution in [0.25, 0.3) is 0 Å². The van der Waals surface area contributed by atoms with Crippen LogP contribution in [-0.2, 0) is 6.42 Å². The van der Waals surface area contributed by atoms with Gasteiger partial charge in [-0.3, -0.25) is 11.3 Å². The third kappa shape index (κ3) is 3.76. The smallest absolute Gasteiger partial charge is 0.119 e. The van der Waals surface area contributed by atoms with Gasteiger partial charge in [0.1, 0.15) is 5.75 Å². The Labute approximate surface area is 117 Å². The van der Waals surface area contributed by atoms with Crippen molar-refractivity contribution in [2.24, 2.45) is 5.84 Å². The highest BCUT2D eigenvalue weighted by Gasteiger charge is 2.12. The molecule has 0 aliphatic heterocycles. The first-order valence-electron chi connectivity index (χ1n) is 6.32. The Balaban J connectivity index is 2.08. The van der Waals surface area contributed by atoms with E-state index in [0.29, 0.717) is 6.61 Å². The van der Waals surface area contributed by atoms with Crippen LogP contribution in [0.3, 0.4) is 0 Å². The molecule has 0 aliphatic carbocycles. The Hall–Kier alpha value is -1.43. The summed E-state index contributed by atoms with van der Waals surface area (Å²) in [5.41, 5.74) is 5.05. The lowest BCUT2D eigenvalue weighted by atomic mass is 10.0. The normalized spacial score (nSPS) is 12.4. The van der Waals surface area contributed by atoms with Crippen molar-refractivity contribution < 1.29 is 4.74 Å². The van der Waals surface area contributed by atoms with E-state index in [4.69, 9.17) is 10.6 Å². The van der Waals surface area contributed by atoms with Crippen molar-refractivity contribution in [3.8, 4) is 5.75 Å². The molecule has 0 aliphatic rings. The summed E-state index contributed by atoms with van der Waals surface area (Å²) < 4.78 is 5.43. The number of hydrogen-bond acceptors (Lipinski definition) is 5. The Morgan fingerprint density at radius 2 is 2.11 bits per heavy atom. The van der Waals surface area contributed by atoms with Gasteiger partial charge in [-0.1, -0.05) is 12.1 Å². The summed E-state index contributed by atoms with van der Waals surface area (Å²) in [6.07, 6.45) is 0.795. The summed E-state index contributed by atoms with van der Waals surface area (Å²) in [6, 6.07) is 8.08. The van der Waals surface area contributed by atoms with Crippen LogP contribution < -0.4 is 16.0 Å². The highest BCUT2D eigenvalue weighted by molar-refractivity contribution is 7.09. The molecule has 0 amide bonds.